The van der Waals surface area contributed by atoms with Gasteiger partial charge >= 0.3 is 0 Å². The summed E-state index contributed by atoms with van der Waals surface area (Å²) in [5, 5.41) is 9.28. The van der Waals surface area contributed by atoms with Crippen LogP contribution >= 0.6 is 0 Å². The summed E-state index contributed by atoms with van der Waals surface area (Å²) in [6.45, 7) is 2.47. The lowest BCUT2D eigenvalue weighted by Crippen LogP contribution is -1.98. The fourth-order valence-electron chi connectivity index (χ4n) is 1.71. The molecule has 0 spiro atoms. The summed E-state index contributed by atoms with van der Waals surface area (Å²) < 4.78 is 36.8. The minimum Gasteiger partial charge on any atom is -0.505 e. The lowest BCUT2D eigenvalue weighted by molar-refractivity contribution is -0.0285. The summed E-state index contributed by atoms with van der Waals surface area (Å²) in [5.74, 6) is -2.14. The number of rotatable bonds is 7. The zero-order valence-electron chi connectivity index (χ0n) is 11.1. The first kappa shape index (κ1) is 15.6. The third-order valence-electron chi connectivity index (χ3n) is 2.60. The molecule has 0 aromatic heterocycles. The highest BCUT2D eigenvalue weighted by atomic mass is 19.1. The molecule has 0 atom stereocenters. The number of halogens is 2. The molecule has 1 rings (SSSR count). The Kier molecular flexibility index (Phi) is 6.45. The van der Waals surface area contributed by atoms with E-state index in [-0.39, 0.29) is 12.4 Å². The fourth-order valence-corrected chi connectivity index (χ4v) is 1.71. The standard InChI is InChI=1S/C14H18F2O3/c1-3-10(5-4-6-19-9-18-2)12-7-11(15)8-13(17)14(12)16/h5,7-8,17H,3-4,6,9H2,1-2H3/b10-5+. The first-order valence-corrected chi connectivity index (χ1v) is 6.04. The van der Waals surface area contributed by atoms with Crippen molar-refractivity contribution < 1.29 is 23.4 Å². The SMILES string of the molecule is CC/C(=C\CCOCOC)c1cc(F)cc(O)c1F. The van der Waals surface area contributed by atoms with Gasteiger partial charge in [0.2, 0.25) is 0 Å². The van der Waals surface area contributed by atoms with Gasteiger partial charge < -0.3 is 14.6 Å². The van der Waals surface area contributed by atoms with Crippen molar-refractivity contribution in [2.75, 3.05) is 20.5 Å². The van der Waals surface area contributed by atoms with Crippen molar-refractivity contribution >= 4 is 5.57 Å². The molecular formula is C14H18F2O3. The van der Waals surface area contributed by atoms with Gasteiger partial charge in [0, 0.05) is 18.7 Å². The van der Waals surface area contributed by atoms with Crippen molar-refractivity contribution in [1.82, 2.24) is 0 Å². The van der Waals surface area contributed by atoms with Gasteiger partial charge in [0.05, 0.1) is 6.61 Å². The molecule has 5 heteroatoms. The van der Waals surface area contributed by atoms with Gasteiger partial charge in [0.25, 0.3) is 0 Å². The van der Waals surface area contributed by atoms with Crippen LogP contribution in [0.15, 0.2) is 18.2 Å². The molecule has 19 heavy (non-hydrogen) atoms. The predicted molar refractivity (Wildman–Crippen MR) is 68.7 cm³/mol. The van der Waals surface area contributed by atoms with Crippen molar-refractivity contribution in [2.45, 2.75) is 19.8 Å². The van der Waals surface area contributed by atoms with E-state index in [1.54, 1.807) is 6.08 Å². The minimum atomic E-state index is -0.799. The van der Waals surface area contributed by atoms with Gasteiger partial charge in [-0.1, -0.05) is 13.0 Å². The molecule has 1 aromatic carbocycles. The van der Waals surface area contributed by atoms with Crippen LogP contribution in [0.1, 0.15) is 25.3 Å². The molecule has 0 unspecified atom stereocenters. The third-order valence-corrected chi connectivity index (χ3v) is 2.60. The molecule has 0 saturated carbocycles. The monoisotopic (exact) mass is 272 g/mol. The molecule has 0 fully saturated rings. The number of ether oxygens (including phenoxy) is 2. The number of hydrogen-bond donors (Lipinski definition) is 1. The van der Waals surface area contributed by atoms with Crippen LogP contribution in [-0.4, -0.2) is 25.6 Å². The van der Waals surface area contributed by atoms with Crippen LogP contribution in [0.5, 0.6) is 5.75 Å². The van der Waals surface area contributed by atoms with Gasteiger partial charge in [0.1, 0.15) is 12.6 Å². The van der Waals surface area contributed by atoms with E-state index in [9.17, 15) is 13.9 Å². The Balaban J connectivity index is 2.82. The molecule has 0 aliphatic carbocycles. The van der Waals surface area contributed by atoms with Gasteiger partial charge in [-0.25, -0.2) is 8.78 Å². The van der Waals surface area contributed by atoms with E-state index in [0.29, 0.717) is 25.0 Å². The van der Waals surface area contributed by atoms with Crippen LogP contribution in [0, 0.1) is 11.6 Å². The molecular weight excluding hydrogens is 254 g/mol. The second-order valence-corrected chi connectivity index (χ2v) is 3.97. The summed E-state index contributed by atoms with van der Waals surface area (Å²) in [6.07, 6.45) is 2.86. The number of allylic oxidation sites excluding steroid dienone is 1. The average Bonchev–Trinajstić information content (AvgIpc) is 2.38. The average molecular weight is 272 g/mol. The number of aromatic hydroxyl groups is 1. The molecule has 106 valence electrons. The molecule has 0 bridgehead atoms. The largest absolute Gasteiger partial charge is 0.505 e. The Morgan fingerprint density at radius 3 is 2.74 bits per heavy atom. The van der Waals surface area contributed by atoms with Crippen molar-refractivity contribution in [3.8, 4) is 5.75 Å². The summed E-state index contributed by atoms with van der Waals surface area (Å²) in [6, 6.07) is 1.84. The van der Waals surface area contributed by atoms with Crippen LogP contribution in [-0.2, 0) is 9.47 Å². The Morgan fingerprint density at radius 2 is 2.11 bits per heavy atom. The van der Waals surface area contributed by atoms with Crippen LogP contribution in [0.4, 0.5) is 8.78 Å². The van der Waals surface area contributed by atoms with Crippen molar-refractivity contribution in [1.29, 1.82) is 0 Å². The topological polar surface area (TPSA) is 38.7 Å². The number of phenolic OH excluding ortho intramolecular Hbond substituents is 1. The van der Waals surface area contributed by atoms with E-state index in [4.69, 9.17) is 9.47 Å². The van der Waals surface area contributed by atoms with Gasteiger partial charge in [-0.3, -0.25) is 0 Å². The highest BCUT2D eigenvalue weighted by molar-refractivity contribution is 5.67. The van der Waals surface area contributed by atoms with E-state index in [0.717, 1.165) is 12.1 Å². The molecule has 0 saturated heterocycles. The Labute approximate surface area is 111 Å². The highest BCUT2D eigenvalue weighted by Gasteiger charge is 2.12. The van der Waals surface area contributed by atoms with E-state index >= 15 is 0 Å². The molecule has 1 aromatic rings. The van der Waals surface area contributed by atoms with E-state index < -0.39 is 17.4 Å². The predicted octanol–water partition coefficient (Wildman–Crippen LogP) is 3.47. The zero-order valence-corrected chi connectivity index (χ0v) is 11.1. The van der Waals surface area contributed by atoms with Gasteiger partial charge in [-0.05, 0) is 24.5 Å². The van der Waals surface area contributed by atoms with Crippen LogP contribution in [0.2, 0.25) is 0 Å². The van der Waals surface area contributed by atoms with Gasteiger partial charge in [0.15, 0.2) is 11.6 Å². The summed E-state index contributed by atoms with van der Waals surface area (Å²) in [7, 11) is 1.53. The van der Waals surface area contributed by atoms with E-state index in [1.807, 2.05) is 6.92 Å². The smallest absolute Gasteiger partial charge is 0.172 e. The molecule has 0 aliphatic rings. The Morgan fingerprint density at radius 1 is 1.37 bits per heavy atom. The van der Waals surface area contributed by atoms with Gasteiger partial charge in [-0.15, -0.1) is 0 Å². The van der Waals surface area contributed by atoms with Crippen LogP contribution < -0.4 is 0 Å². The third kappa shape index (κ3) is 4.61. The molecule has 3 nitrogen and oxygen atoms in total. The second-order valence-electron chi connectivity index (χ2n) is 3.97. The zero-order chi connectivity index (χ0) is 14.3. The lowest BCUT2D eigenvalue weighted by Gasteiger charge is -2.09. The lowest BCUT2D eigenvalue weighted by atomic mass is 10.0. The van der Waals surface area contributed by atoms with Crippen LogP contribution in [0.3, 0.4) is 0 Å². The van der Waals surface area contributed by atoms with Crippen molar-refractivity contribution in [3.63, 3.8) is 0 Å². The number of hydrogen-bond acceptors (Lipinski definition) is 3. The Bertz CT molecular complexity index is 445. The second kappa shape index (κ2) is 7.86. The van der Waals surface area contributed by atoms with Gasteiger partial charge in [-0.2, -0.15) is 0 Å². The molecule has 0 amide bonds. The molecule has 0 heterocycles. The number of benzene rings is 1. The molecule has 0 aliphatic heterocycles. The van der Waals surface area contributed by atoms with Crippen LogP contribution in [0.25, 0.3) is 5.57 Å². The fraction of sp³-hybridized carbons (Fsp3) is 0.429. The maximum atomic E-state index is 13.7. The first-order chi connectivity index (χ1) is 9.10. The van der Waals surface area contributed by atoms with E-state index in [2.05, 4.69) is 0 Å². The minimum absolute atomic E-state index is 0.0896. The Hall–Kier alpha value is -1.46. The number of methoxy groups -OCH3 is 1. The van der Waals surface area contributed by atoms with Crippen molar-refractivity contribution in [3.05, 3.63) is 35.4 Å². The summed E-state index contributed by atoms with van der Waals surface area (Å²) >= 11 is 0. The molecule has 1 N–H and O–H groups in total. The highest BCUT2D eigenvalue weighted by Crippen LogP contribution is 2.28. The maximum Gasteiger partial charge on any atom is 0.172 e. The maximum absolute atomic E-state index is 13.7. The normalized spacial score (nSPS) is 11.9. The summed E-state index contributed by atoms with van der Waals surface area (Å²) in [5.41, 5.74) is 0.722. The molecule has 0 radical (unpaired) electrons. The number of phenols is 1. The van der Waals surface area contributed by atoms with Crippen molar-refractivity contribution in [2.24, 2.45) is 0 Å². The van der Waals surface area contributed by atoms with E-state index in [1.165, 1.54) is 7.11 Å². The summed E-state index contributed by atoms with van der Waals surface area (Å²) in [4.78, 5) is 0. The quantitative estimate of drug-likeness (QED) is 0.610. The first-order valence-electron chi connectivity index (χ1n) is 6.04.